The molecule has 32 heteroatoms. The van der Waals surface area contributed by atoms with Gasteiger partial charge in [-0.15, -0.1) is 0 Å². The van der Waals surface area contributed by atoms with E-state index in [0.29, 0.717) is 119 Å². The Morgan fingerprint density at radius 1 is 0.336 bits per heavy atom. The second-order valence-electron chi connectivity index (χ2n) is 38.5. The van der Waals surface area contributed by atoms with Crippen LogP contribution >= 0.6 is 0 Å². The van der Waals surface area contributed by atoms with Gasteiger partial charge in [0.25, 0.3) is 23.6 Å². The number of carbonyl (C=O) groups is 6. The fourth-order valence-electron chi connectivity index (χ4n) is 20.6. The maximum absolute atomic E-state index is 14.2. The average Bonchev–Trinajstić information content (AvgIpc) is 1.59. The van der Waals surface area contributed by atoms with Gasteiger partial charge in [-0.3, -0.25) is 24.2 Å². The molecule has 4 amide bonds. The van der Waals surface area contributed by atoms with Crippen LogP contribution in [0.1, 0.15) is 294 Å². The number of benzene rings is 7. The summed E-state index contributed by atoms with van der Waals surface area (Å²) in [5.41, 5.74) is -9.15. The number of halogens is 13. The number of esters is 2. The van der Waals surface area contributed by atoms with Gasteiger partial charge in [0.2, 0.25) is 0 Å². The van der Waals surface area contributed by atoms with Crippen LogP contribution in [0.2, 0.25) is 0 Å². The number of nitrogens with zero attached hydrogens (tertiary/aromatic N) is 5. The van der Waals surface area contributed by atoms with Gasteiger partial charge in [0.15, 0.2) is 22.4 Å². The molecule has 19 nitrogen and oxygen atoms in total. The highest BCUT2D eigenvalue weighted by Gasteiger charge is 2.58. The van der Waals surface area contributed by atoms with E-state index in [1.54, 1.807) is 17.0 Å². The summed E-state index contributed by atoms with van der Waals surface area (Å²) < 4.78 is 190. The first-order valence-corrected chi connectivity index (χ1v) is 45.7. The van der Waals surface area contributed by atoms with Crippen LogP contribution in [-0.4, -0.2) is 159 Å². The number of ether oxygens (including phenoxy) is 3. The molecule has 0 bridgehead atoms. The predicted octanol–water partition coefficient (Wildman–Crippen LogP) is 20.0. The van der Waals surface area contributed by atoms with E-state index in [4.69, 9.17) is 14.2 Å². The first-order chi connectivity index (χ1) is 63.1. The molecule has 19 rings (SSSR count). The van der Waals surface area contributed by atoms with E-state index < -0.39 is 69.7 Å². The lowest BCUT2D eigenvalue weighted by Crippen LogP contribution is -2.46. The van der Waals surface area contributed by atoms with Crippen molar-refractivity contribution in [1.29, 1.82) is 0 Å². The quantitative estimate of drug-likeness (QED) is 0.0419. The number of aliphatic hydroxyl groups is 5. The molecular weight excluding hydrogens is 1770 g/mol. The second kappa shape index (κ2) is 36.1. The van der Waals surface area contributed by atoms with Gasteiger partial charge in [-0.1, -0.05) is 109 Å². The minimum atomic E-state index is -4.84. The molecule has 8 aliphatic carbocycles. The van der Waals surface area contributed by atoms with E-state index >= 15 is 0 Å². The average molecular weight is 1870 g/mol. The van der Waals surface area contributed by atoms with Crippen molar-refractivity contribution < 1.29 is 126 Å². The molecule has 7 aromatic carbocycles. The standard InChI is InChI=1S/2C26H26F3NO4.C26H28F3NO3.C24H26F4N2O3/c2*1-24(33,26(27,28)29)17-8-6-16(7-9-17)22(31)30(18-10-11-18)19-12-14-25(15-13-19)21-5-3-2-4-20(21)23(32)34-25;1-24(32,26(27,28)29)19-8-6-17(7-9-19)23(31)30(20-10-11-20)21-12-14-25(15-13-21)22-5-3-2-4-18(22)16-33-25;1-22(32,24(26,27)28)16-4-2-15(3-5-16)21(31)30(17-6-7-17)18-8-11-23(33,12-9-18)19-10-13-29-14-20(19)25/h2*2-9,18-19,33H,10-15H2,1H3;2-9,20-21,32H,10-16H2,1H3;2-5,10,13-14,17-18,32-33H,6-9,11-12H2,1H3/t2*19?,24-,25?;21?,24-,25?;18?,22-,23?/m0000/s1. The molecule has 714 valence electrons. The van der Waals surface area contributed by atoms with Gasteiger partial charge >= 0.3 is 36.6 Å². The van der Waals surface area contributed by atoms with Crippen LogP contribution in [-0.2, 0) is 65.6 Å². The molecule has 0 unspecified atom stereocenters. The van der Waals surface area contributed by atoms with Crippen LogP contribution < -0.4 is 0 Å². The Morgan fingerprint density at radius 2 is 0.590 bits per heavy atom. The molecule has 8 aromatic rings. The topological polar surface area (TPSA) is 257 Å². The predicted molar refractivity (Wildman–Crippen MR) is 462 cm³/mol. The highest BCUT2D eigenvalue weighted by Crippen LogP contribution is 2.55. The third kappa shape index (κ3) is 18.9. The van der Waals surface area contributed by atoms with Crippen LogP contribution in [0.15, 0.2) is 188 Å². The number of pyridine rings is 1. The molecular formula is C102H106F13N5O14. The van der Waals surface area contributed by atoms with Crippen LogP contribution in [0.3, 0.4) is 0 Å². The van der Waals surface area contributed by atoms with Gasteiger partial charge in [0, 0.05) is 93.5 Å². The molecule has 0 saturated heterocycles. The maximum Gasteiger partial charge on any atom is 0.421 e. The minimum absolute atomic E-state index is 0.0324. The maximum atomic E-state index is 14.2. The molecule has 4 heterocycles. The Labute approximate surface area is 766 Å². The Bertz CT molecular complexity index is 5470. The number of fused-ring (bicyclic) bond motifs is 6. The molecule has 1 aromatic heterocycles. The Hall–Kier alpha value is -10.6. The zero-order valence-electron chi connectivity index (χ0n) is 74.3. The normalized spacial score (nSPS) is 26.0. The highest BCUT2D eigenvalue weighted by molar-refractivity contribution is 5.98. The van der Waals surface area contributed by atoms with Gasteiger partial charge in [-0.2, -0.15) is 52.7 Å². The summed E-state index contributed by atoms with van der Waals surface area (Å²) in [6.45, 7) is 3.43. The summed E-state index contributed by atoms with van der Waals surface area (Å²) in [4.78, 5) is 89.4. The summed E-state index contributed by atoms with van der Waals surface area (Å²) in [5.74, 6) is -2.05. The zero-order chi connectivity index (χ0) is 96.1. The van der Waals surface area contributed by atoms with Gasteiger partial charge < -0.3 is 59.3 Å². The second-order valence-corrected chi connectivity index (χ2v) is 38.5. The fourth-order valence-corrected chi connectivity index (χ4v) is 20.6. The third-order valence-corrected chi connectivity index (χ3v) is 29.5. The van der Waals surface area contributed by atoms with Gasteiger partial charge in [0.1, 0.15) is 17.0 Å². The van der Waals surface area contributed by atoms with Crippen molar-refractivity contribution in [3.63, 3.8) is 0 Å². The number of hydrogen-bond donors (Lipinski definition) is 5. The molecule has 134 heavy (non-hydrogen) atoms. The Kier molecular flexibility index (Phi) is 26.0. The largest absolute Gasteiger partial charge is 0.451 e. The van der Waals surface area contributed by atoms with Crippen molar-refractivity contribution in [1.82, 2.24) is 24.6 Å². The smallest absolute Gasteiger partial charge is 0.421 e. The van der Waals surface area contributed by atoms with Crippen molar-refractivity contribution in [3.05, 3.63) is 278 Å². The first kappa shape index (κ1) is 96.5. The molecule has 5 N–H and O–H groups in total. The number of hydrogen-bond acceptors (Lipinski definition) is 15. The van der Waals surface area contributed by atoms with Crippen molar-refractivity contribution in [2.24, 2.45) is 0 Å². The van der Waals surface area contributed by atoms with Gasteiger partial charge in [-0.25, -0.2) is 14.0 Å². The van der Waals surface area contributed by atoms with E-state index in [9.17, 15) is 111 Å². The van der Waals surface area contributed by atoms with Crippen LogP contribution in [0, 0.1) is 5.82 Å². The minimum Gasteiger partial charge on any atom is -0.451 e. The van der Waals surface area contributed by atoms with Gasteiger partial charge in [-0.05, 0) is 282 Å². The zero-order valence-corrected chi connectivity index (χ0v) is 74.3. The summed E-state index contributed by atoms with van der Waals surface area (Å²) >= 11 is 0. The fraction of sp³-hybridized carbons (Fsp3) is 0.480. The molecule has 4 atom stereocenters. The molecule has 3 spiro atoms. The van der Waals surface area contributed by atoms with E-state index in [1.165, 1.54) is 84.1 Å². The summed E-state index contributed by atoms with van der Waals surface area (Å²) in [6.07, 6.45) is 0.396. The van der Waals surface area contributed by atoms with Crippen molar-refractivity contribution in [3.8, 4) is 0 Å². The molecule has 0 radical (unpaired) electrons. The molecule has 8 fully saturated rings. The number of aromatic nitrogens is 1. The summed E-state index contributed by atoms with van der Waals surface area (Å²) in [7, 11) is 0. The Balaban J connectivity index is 0.000000130. The van der Waals surface area contributed by atoms with Crippen LogP contribution in [0.5, 0.6) is 0 Å². The lowest BCUT2D eigenvalue weighted by atomic mass is 9.77. The first-order valence-electron chi connectivity index (χ1n) is 45.7. The SMILES string of the molecule is C[C@](O)(c1ccc(C(=O)N(C2CC2)C2CCC(O)(c3ccncc3F)CC2)cc1)C(F)(F)F.C[C@](O)(c1ccc(C(=O)N(C2CC2)C2CCC3(CC2)OC(=O)c2ccccc23)cc1)C(F)(F)F.C[C@](O)(c1ccc(C(=O)N(C2CC2)C2CCC3(CC2)OC(=O)c2ccccc23)cc1)C(F)(F)F.C[C@](O)(c1ccc(C(=O)N(C2CC2)C2CCC3(CC2)OCc2ccccc23)cc1)C(F)(F)F. The number of carbonyl (C=O) groups excluding carboxylic acids is 6. The molecule has 3 aliphatic heterocycles. The van der Waals surface area contributed by atoms with Crippen molar-refractivity contribution in [2.45, 2.75) is 306 Å². The van der Waals surface area contributed by atoms with E-state index in [1.807, 2.05) is 63.2 Å². The van der Waals surface area contributed by atoms with E-state index in [2.05, 4.69) is 17.1 Å². The molecule has 8 saturated carbocycles. The molecule has 11 aliphatic rings. The lowest BCUT2D eigenvalue weighted by Gasteiger charge is -2.42. The number of amides is 4. The highest BCUT2D eigenvalue weighted by atomic mass is 19.4. The monoisotopic (exact) mass is 1870 g/mol. The van der Waals surface area contributed by atoms with Crippen LogP contribution in [0.4, 0.5) is 57.1 Å². The van der Waals surface area contributed by atoms with Gasteiger partial charge in [0.05, 0.1) is 35.1 Å². The van der Waals surface area contributed by atoms with Crippen molar-refractivity contribution >= 4 is 35.6 Å². The number of rotatable bonds is 17. The number of alkyl halides is 12. The van der Waals surface area contributed by atoms with E-state index in [-0.39, 0.29) is 136 Å². The van der Waals surface area contributed by atoms with Crippen molar-refractivity contribution in [2.75, 3.05) is 0 Å². The lowest BCUT2D eigenvalue weighted by molar-refractivity contribution is -0.259. The third-order valence-electron chi connectivity index (χ3n) is 29.5. The van der Waals surface area contributed by atoms with E-state index in [0.717, 1.165) is 138 Å². The summed E-state index contributed by atoms with van der Waals surface area (Å²) in [6, 6.07) is 45.1. The Morgan fingerprint density at radius 3 is 0.866 bits per heavy atom. The van der Waals surface area contributed by atoms with Crippen LogP contribution in [0.25, 0.3) is 0 Å². The summed E-state index contributed by atoms with van der Waals surface area (Å²) in [5, 5.41) is 50.6.